The van der Waals surface area contributed by atoms with Gasteiger partial charge in [-0.1, -0.05) is 63.9 Å². The van der Waals surface area contributed by atoms with Crippen molar-refractivity contribution >= 4 is 22.1 Å². The van der Waals surface area contributed by atoms with Crippen LogP contribution in [0.3, 0.4) is 0 Å². The quantitative estimate of drug-likeness (QED) is 0.234. The lowest BCUT2D eigenvalue weighted by atomic mass is 9.69. The van der Waals surface area contributed by atoms with Crippen LogP contribution in [0, 0.1) is 18.7 Å². The Morgan fingerprint density at radius 1 is 1.00 bits per heavy atom. The highest BCUT2D eigenvalue weighted by Crippen LogP contribution is 2.55. The maximum atomic E-state index is 9.58. The SMILES string of the molecule is [2H]C([2H])([2H])C([2H])(C)C([2H])([2H])C1(C([2H])([2H])C([2H])(C)C([2H])([2H])[2H])c2ccccc2-c2cc3c(nc21)oc1c(-c2cccc[n+]2C)c(C)ccc13. The van der Waals surface area contributed by atoms with Gasteiger partial charge in [0.15, 0.2) is 11.8 Å². The van der Waals surface area contributed by atoms with Crippen LogP contribution in [0.15, 0.2) is 71.3 Å². The second kappa shape index (κ2) is 8.30. The van der Waals surface area contributed by atoms with Crippen molar-refractivity contribution in [2.75, 3.05) is 0 Å². The Labute approximate surface area is 230 Å². The molecule has 3 nitrogen and oxygen atoms in total. The molecule has 2 aromatic carbocycles. The summed E-state index contributed by atoms with van der Waals surface area (Å²) in [5, 5.41) is 1.19. The summed E-state index contributed by atoms with van der Waals surface area (Å²) in [7, 11) is 1.89. The predicted molar refractivity (Wildman–Crippen MR) is 148 cm³/mol. The van der Waals surface area contributed by atoms with Crippen molar-refractivity contribution in [3.63, 3.8) is 0 Å². The minimum absolute atomic E-state index is 0.0147. The monoisotopic (exact) mass is 487 g/mol. The molecule has 3 heterocycles. The average molecular weight is 488 g/mol. The molecule has 0 aliphatic heterocycles. The summed E-state index contributed by atoms with van der Waals surface area (Å²) < 4.78 is 114. The summed E-state index contributed by atoms with van der Waals surface area (Å²) in [6.07, 6.45) is -4.89. The third-order valence-electron chi connectivity index (χ3n) is 6.88. The molecule has 0 fully saturated rings. The van der Waals surface area contributed by atoms with Gasteiger partial charge in [0.1, 0.15) is 7.05 Å². The second-order valence-corrected chi connectivity index (χ2v) is 9.47. The molecule has 0 bridgehead atoms. The van der Waals surface area contributed by atoms with Gasteiger partial charge in [-0.3, -0.25) is 0 Å². The van der Waals surface area contributed by atoms with Gasteiger partial charge >= 0.3 is 0 Å². The molecular formula is C33H35N2O+. The predicted octanol–water partition coefficient (Wildman–Crippen LogP) is 8.14. The summed E-state index contributed by atoms with van der Waals surface area (Å²) in [4.78, 5) is 4.78. The van der Waals surface area contributed by atoms with Crippen LogP contribution in [-0.2, 0) is 12.5 Å². The molecule has 3 heteroatoms. The molecule has 0 saturated carbocycles. The van der Waals surface area contributed by atoms with Crippen molar-refractivity contribution in [3.05, 3.63) is 83.7 Å². The van der Waals surface area contributed by atoms with E-state index in [1.807, 2.05) is 55.1 Å². The minimum atomic E-state index is -3.39. The van der Waals surface area contributed by atoms with E-state index in [9.17, 15) is 5.48 Å². The Hall–Kier alpha value is -3.46. The number of hydrogen-bond acceptors (Lipinski definition) is 2. The molecule has 3 aromatic heterocycles. The van der Waals surface area contributed by atoms with Crippen LogP contribution in [0.5, 0.6) is 0 Å². The van der Waals surface area contributed by atoms with Crippen molar-refractivity contribution in [1.82, 2.24) is 4.98 Å². The van der Waals surface area contributed by atoms with Gasteiger partial charge in [-0.25, -0.2) is 9.55 Å². The number of hydrogen-bond donors (Lipinski definition) is 0. The summed E-state index contributed by atoms with van der Waals surface area (Å²) in [5.74, 6) is -6.05. The highest BCUT2D eigenvalue weighted by Gasteiger charge is 2.45. The molecule has 0 radical (unpaired) electrons. The lowest BCUT2D eigenvalue weighted by Crippen LogP contribution is -2.30. The molecule has 2 unspecified atom stereocenters. The number of nitrogens with zero attached hydrogens (tertiary/aromatic N) is 2. The van der Waals surface area contributed by atoms with Crippen molar-refractivity contribution < 1.29 is 25.4 Å². The number of aromatic nitrogens is 2. The van der Waals surface area contributed by atoms with Crippen LogP contribution in [0.2, 0.25) is 0 Å². The highest BCUT2D eigenvalue weighted by molar-refractivity contribution is 6.10. The Kier molecular flexibility index (Phi) is 3.04. The first-order valence-electron chi connectivity index (χ1n) is 17.9. The molecule has 1 aliphatic carbocycles. The van der Waals surface area contributed by atoms with Crippen LogP contribution >= 0.6 is 0 Å². The number of aryl methyl sites for hydroxylation is 2. The topological polar surface area (TPSA) is 29.9 Å². The summed E-state index contributed by atoms with van der Waals surface area (Å²) in [6.45, 7) is -2.98. The molecular weight excluding hydrogens is 440 g/mol. The normalized spacial score (nSPS) is 26.6. The first-order chi connectivity index (χ1) is 22.0. The van der Waals surface area contributed by atoms with Crippen LogP contribution in [0.4, 0.5) is 0 Å². The fourth-order valence-electron chi connectivity index (χ4n) is 5.47. The van der Waals surface area contributed by atoms with Gasteiger partial charge in [0.05, 0.1) is 11.3 Å². The standard InChI is InChI=1S/C33H35N2O/c1-20(2)18-33(19-21(3)4)27-12-8-7-11-23(27)25-17-26-24-15-14-22(5)29(28-13-9-10-16-35(28)6)30(24)36-32(26)34-31(25)33/h7-17,20-21H,18-19H2,1-6H3/q+1/i1D3,3D3,18D2,19D2,20D,21D. The van der Waals surface area contributed by atoms with Gasteiger partial charge in [-0.2, -0.15) is 0 Å². The summed E-state index contributed by atoms with van der Waals surface area (Å²) >= 11 is 0. The lowest BCUT2D eigenvalue weighted by molar-refractivity contribution is -0.660. The van der Waals surface area contributed by atoms with E-state index in [1.165, 1.54) is 12.1 Å². The Bertz CT molecular complexity index is 2070. The summed E-state index contributed by atoms with van der Waals surface area (Å²) in [5.41, 5.74) is 0.146. The second-order valence-electron chi connectivity index (χ2n) is 9.47. The van der Waals surface area contributed by atoms with Crippen LogP contribution in [-0.4, -0.2) is 4.98 Å². The number of benzene rings is 2. The van der Waals surface area contributed by atoms with Gasteiger partial charge < -0.3 is 4.42 Å². The van der Waals surface area contributed by atoms with E-state index >= 15 is 0 Å². The summed E-state index contributed by atoms with van der Waals surface area (Å²) in [6, 6.07) is 17.3. The lowest BCUT2D eigenvalue weighted by Gasteiger charge is -2.34. The highest BCUT2D eigenvalue weighted by atomic mass is 16.3. The van der Waals surface area contributed by atoms with Crippen LogP contribution in [0.25, 0.3) is 44.5 Å². The van der Waals surface area contributed by atoms with Crippen molar-refractivity contribution in [1.29, 1.82) is 0 Å². The fraction of sp³-hybridized carbons (Fsp3) is 0.333. The van der Waals surface area contributed by atoms with Crippen molar-refractivity contribution in [2.45, 2.75) is 52.6 Å². The molecule has 5 aromatic rings. The van der Waals surface area contributed by atoms with E-state index in [0.29, 0.717) is 16.4 Å². The molecule has 0 saturated heterocycles. The van der Waals surface area contributed by atoms with Gasteiger partial charge in [0, 0.05) is 50.3 Å². The van der Waals surface area contributed by atoms with Crippen LogP contribution in [0.1, 0.15) is 73.6 Å². The third-order valence-corrected chi connectivity index (χ3v) is 6.88. The van der Waals surface area contributed by atoms with Crippen molar-refractivity contribution in [2.24, 2.45) is 18.8 Å². The number of fused-ring (bicyclic) bond motifs is 6. The zero-order valence-electron chi connectivity index (χ0n) is 32.7. The largest absolute Gasteiger partial charge is 0.437 e. The molecule has 36 heavy (non-hydrogen) atoms. The smallest absolute Gasteiger partial charge is 0.227 e. The zero-order valence-corrected chi connectivity index (χ0v) is 20.7. The Morgan fingerprint density at radius 2 is 1.75 bits per heavy atom. The van der Waals surface area contributed by atoms with E-state index in [-0.39, 0.29) is 28.1 Å². The van der Waals surface area contributed by atoms with Gasteiger partial charge in [0.2, 0.25) is 11.4 Å². The van der Waals surface area contributed by atoms with E-state index < -0.39 is 43.7 Å². The van der Waals surface area contributed by atoms with Gasteiger partial charge in [-0.15, -0.1) is 0 Å². The fourth-order valence-corrected chi connectivity index (χ4v) is 5.47. The Balaban J connectivity index is 1.82. The van der Waals surface area contributed by atoms with E-state index in [2.05, 4.69) is 0 Å². The third kappa shape index (κ3) is 3.32. The molecule has 1 aliphatic rings. The number of furan rings is 1. The first-order valence-corrected chi connectivity index (χ1v) is 11.9. The molecule has 182 valence electrons. The molecule has 0 amide bonds. The zero-order chi connectivity index (χ0) is 35.6. The van der Waals surface area contributed by atoms with E-state index in [4.69, 9.17) is 20.4 Å². The van der Waals surface area contributed by atoms with Gasteiger partial charge in [-0.05, 0) is 60.3 Å². The first kappa shape index (κ1) is 13.2. The van der Waals surface area contributed by atoms with E-state index in [1.54, 1.807) is 18.2 Å². The maximum absolute atomic E-state index is 9.58. The molecule has 0 spiro atoms. The molecule has 6 rings (SSSR count). The van der Waals surface area contributed by atoms with Crippen LogP contribution < -0.4 is 4.57 Å². The maximum Gasteiger partial charge on any atom is 0.227 e. The minimum Gasteiger partial charge on any atom is -0.437 e. The van der Waals surface area contributed by atoms with Gasteiger partial charge in [0.25, 0.3) is 0 Å². The number of pyridine rings is 2. The molecule has 2 atom stereocenters. The Morgan fingerprint density at radius 3 is 2.50 bits per heavy atom. The average Bonchev–Trinajstić information content (AvgIpc) is 3.48. The molecule has 0 N–H and O–H groups in total. The number of rotatable bonds is 5. The van der Waals surface area contributed by atoms with Crippen molar-refractivity contribution in [3.8, 4) is 22.4 Å². The van der Waals surface area contributed by atoms with E-state index in [0.717, 1.165) is 30.7 Å².